The summed E-state index contributed by atoms with van der Waals surface area (Å²) < 4.78 is 0. The maximum atomic E-state index is 13.0. The first-order chi connectivity index (χ1) is 13.6. The fraction of sp³-hybridized carbons (Fsp3) is 0.0833. The zero-order chi connectivity index (χ0) is 19.5. The number of benzene rings is 3. The minimum atomic E-state index is -0.332. The molecule has 2 amide bonds. The molecular formula is C24H19NO3. The maximum absolute atomic E-state index is 13.0. The Balaban J connectivity index is 1.62. The Morgan fingerprint density at radius 1 is 0.714 bits per heavy atom. The molecule has 1 heterocycles. The van der Waals surface area contributed by atoms with Crippen LogP contribution in [0.5, 0.6) is 5.75 Å². The number of hydrogen-bond acceptors (Lipinski definition) is 3. The molecule has 0 unspecified atom stereocenters. The van der Waals surface area contributed by atoms with Crippen LogP contribution in [-0.2, 0) is 22.4 Å². The highest BCUT2D eigenvalue weighted by atomic mass is 16.3. The average Bonchev–Trinajstić information content (AvgIpc) is 3.02. The fourth-order valence-corrected chi connectivity index (χ4v) is 3.48. The third-order valence-electron chi connectivity index (χ3n) is 4.90. The maximum Gasteiger partial charge on any atom is 0.266 e. The van der Waals surface area contributed by atoms with Crippen LogP contribution in [0.3, 0.4) is 0 Å². The minimum Gasteiger partial charge on any atom is -0.508 e. The Morgan fingerprint density at radius 3 is 2.07 bits per heavy atom. The number of phenolic OH excluding ortho intramolecular Hbond substituents is 1. The van der Waals surface area contributed by atoms with Crippen LogP contribution in [0, 0.1) is 0 Å². The number of para-hydroxylation sites is 2. The van der Waals surface area contributed by atoms with Gasteiger partial charge >= 0.3 is 0 Å². The first-order valence-electron chi connectivity index (χ1n) is 9.15. The van der Waals surface area contributed by atoms with E-state index in [4.69, 9.17) is 0 Å². The predicted molar refractivity (Wildman–Crippen MR) is 109 cm³/mol. The Hall–Kier alpha value is -3.66. The van der Waals surface area contributed by atoms with Crippen LogP contribution in [0.15, 0.2) is 84.9 Å². The molecule has 0 saturated heterocycles. The van der Waals surface area contributed by atoms with Crippen molar-refractivity contribution < 1.29 is 14.7 Å². The quantitative estimate of drug-likeness (QED) is 0.688. The smallest absolute Gasteiger partial charge is 0.266 e. The molecule has 4 heteroatoms. The number of anilines is 1. The van der Waals surface area contributed by atoms with Gasteiger partial charge in [-0.05, 0) is 47.7 Å². The number of phenols is 1. The van der Waals surface area contributed by atoms with Crippen LogP contribution in [0.4, 0.5) is 5.69 Å². The number of rotatable bonds is 5. The van der Waals surface area contributed by atoms with Crippen molar-refractivity contribution in [2.45, 2.75) is 12.8 Å². The number of amides is 2. The molecular weight excluding hydrogens is 350 g/mol. The summed E-state index contributed by atoms with van der Waals surface area (Å²) in [6, 6.07) is 23.8. The number of carbonyl (C=O) groups excluding carboxylic acids is 2. The van der Waals surface area contributed by atoms with Crippen LogP contribution < -0.4 is 4.90 Å². The van der Waals surface area contributed by atoms with E-state index in [1.165, 1.54) is 11.0 Å². The molecule has 0 aliphatic carbocycles. The van der Waals surface area contributed by atoms with E-state index in [-0.39, 0.29) is 17.6 Å². The van der Waals surface area contributed by atoms with E-state index in [9.17, 15) is 14.7 Å². The molecule has 0 aromatic heterocycles. The molecule has 0 fully saturated rings. The van der Waals surface area contributed by atoms with Crippen LogP contribution in [0.1, 0.15) is 16.7 Å². The van der Waals surface area contributed by atoms with E-state index >= 15 is 0 Å². The second-order valence-electron chi connectivity index (χ2n) is 6.66. The van der Waals surface area contributed by atoms with Crippen LogP contribution in [0.25, 0.3) is 5.57 Å². The van der Waals surface area contributed by atoms with Crippen LogP contribution in [-0.4, -0.2) is 16.9 Å². The normalized spacial score (nSPS) is 13.7. The molecule has 28 heavy (non-hydrogen) atoms. The summed E-state index contributed by atoms with van der Waals surface area (Å²) in [5.41, 5.74) is 3.55. The summed E-state index contributed by atoms with van der Waals surface area (Å²) in [7, 11) is 0. The van der Waals surface area contributed by atoms with Gasteiger partial charge in [-0.15, -0.1) is 0 Å². The number of hydrogen-bond donors (Lipinski definition) is 1. The largest absolute Gasteiger partial charge is 0.508 e. The zero-order valence-electron chi connectivity index (χ0n) is 15.2. The van der Waals surface area contributed by atoms with E-state index in [2.05, 4.69) is 0 Å². The van der Waals surface area contributed by atoms with Gasteiger partial charge in [-0.2, -0.15) is 0 Å². The van der Waals surface area contributed by atoms with E-state index < -0.39 is 0 Å². The predicted octanol–water partition coefficient (Wildman–Crippen LogP) is 4.13. The van der Waals surface area contributed by atoms with Gasteiger partial charge in [0.2, 0.25) is 0 Å². The van der Waals surface area contributed by atoms with Gasteiger partial charge < -0.3 is 5.11 Å². The molecule has 1 N–H and O–H groups in total. The molecule has 1 aliphatic heterocycles. The number of imide groups is 1. The molecule has 0 spiro atoms. The van der Waals surface area contributed by atoms with Gasteiger partial charge in [0, 0.05) is 6.08 Å². The standard InChI is InChI=1S/C24H19NO3/c26-22-13-7-5-9-18(22)15-14-17-8-4-6-12-20(17)21-16-23(27)25(24(21)28)19-10-2-1-3-11-19/h1-13,16,26H,14-15H2. The molecule has 0 atom stereocenters. The minimum absolute atomic E-state index is 0.265. The van der Waals surface area contributed by atoms with Crippen molar-refractivity contribution >= 4 is 23.1 Å². The highest BCUT2D eigenvalue weighted by molar-refractivity contribution is 6.43. The van der Waals surface area contributed by atoms with Crippen molar-refractivity contribution in [2.24, 2.45) is 0 Å². The van der Waals surface area contributed by atoms with Gasteiger partial charge in [-0.25, -0.2) is 4.90 Å². The van der Waals surface area contributed by atoms with Gasteiger partial charge in [-0.3, -0.25) is 9.59 Å². The van der Waals surface area contributed by atoms with Gasteiger partial charge in [-0.1, -0.05) is 60.7 Å². The van der Waals surface area contributed by atoms with Gasteiger partial charge in [0.25, 0.3) is 11.8 Å². The van der Waals surface area contributed by atoms with Gasteiger partial charge in [0.05, 0.1) is 11.3 Å². The van der Waals surface area contributed by atoms with Gasteiger partial charge in [0.1, 0.15) is 5.75 Å². The van der Waals surface area contributed by atoms with Crippen molar-refractivity contribution in [1.82, 2.24) is 0 Å². The van der Waals surface area contributed by atoms with Crippen molar-refractivity contribution in [1.29, 1.82) is 0 Å². The average molecular weight is 369 g/mol. The number of nitrogens with zero attached hydrogens (tertiary/aromatic N) is 1. The lowest BCUT2D eigenvalue weighted by Gasteiger charge is -2.16. The molecule has 4 nitrogen and oxygen atoms in total. The Bertz CT molecular complexity index is 1070. The summed E-state index contributed by atoms with van der Waals surface area (Å²) in [6.07, 6.45) is 2.70. The first-order valence-corrected chi connectivity index (χ1v) is 9.15. The molecule has 0 radical (unpaired) electrons. The summed E-state index contributed by atoms with van der Waals surface area (Å²) in [4.78, 5) is 26.7. The Labute approximate surface area is 163 Å². The van der Waals surface area contributed by atoms with Crippen molar-refractivity contribution in [3.8, 4) is 5.75 Å². The number of aromatic hydroxyl groups is 1. The molecule has 3 aromatic carbocycles. The Kier molecular flexibility index (Phi) is 4.77. The van der Waals surface area contributed by atoms with E-state index in [0.29, 0.717) is 24.1 Å². The Morgan fingerprint density at radius 2 is 1.32 bits per heavy atom. The third kappa shape index (κ3) is 3.32. The first kappa shape index (κ1) is 17.7. The fourth-order valence-electron chi connectivity index (χ4n) is 3.48. The number of carbonyl (C=O) groups is 2. The lowest BCUT2D eigenvalue weighted by molar-refractivity contribution is -0.119. The topological polar surface area (TPSA) is 57.6 Å². The molecule has 138 valence electrons. The SMILES string of the molecule is O=C1C=C(c2ccccc2CCc2ccccc2O)C(=O)N1c1ccccc1. The summed E-state index contributed by atoms with van der Waals surface area (Å²) in [5, 5.41) is 9.99. The van der Waals surface area contributed by atoms with Gasteiger partial charge in [0.15, 0.2) is 0 Å². The third-order valence-corrected chi connectivity index (χ3v) is 4.90. The van der Waals surface area contributed by atoms with Crippen LogP contribution >= 0.6 is 0 Å². The van der Waals surface area contributed by atoms with Crippen LogP contribution in [0.2, 0.25) is 0 Å². The van der Waals surface area contributed by atoms with E-state index in [0.717, 1.165) is 16.7 Å². The van der Waals surface area contributed by atoms with Crippen molar-refractivity contribution in [3.05, 3.63) is 102 Å². The zero-order valence-corrected chi connectivity index (χ0v) is 15.2. The molecule has 3 aromatic rings. The summed E-state index contributed by atoms with van der Waals surface area (Å²) in [5.74, 6) is -0.380. The molecule has 4 rings (SSSR count). The highest BCUT2D eigenvalue weighted by Crippen LogP contribution is 2.30. The monoisotopic (exact) mass is 369 g/mol. The molecule has 0 saturated carbocycles. The lowest BCUT2D eigenvalue weighted by atomic mass is 9.95. The lowest BCUT2D eigenvalue weighted by Crippen LogP contribution is -2.30. The molecule has 0 bridgehead atoms. The van der Waals surface area contributed by atoms with Crippen molar-refractivity contribution in [3.63, 3.8) is 0 Å². The van der Waals surface area contributed by atoms with Crippen molar-refractivity contribution in [2.75, 3.05) is 4.90 Å². The molecule has 1 aliphatic rings. The van der Waals surface area contributed by atoms with E-state index in [1.807, 2.05) is 42.5 Å². The summed E-state index contributed by atoms with van der Waals surface area (Å²) >= 11 is 0. The number of aryl methyl sites for hydroxylation is 2. The highest BCUT2D eigenvalue weighted by Gasteiger charge is 2.33. The van der Waals surface area contributed by atoms with E-state index in [1.54, 1.807) is 36.4 Å². The second kappa shape index (κ2) is 7.53. The second-order valence-corrected chi connectivity index (χ2v) is 6.66. The summed E-state index contributed by atoms with van der Waals surface area (Å²) in [6.45, 7) is 0.